The Morgan fingerprint density at radius 2 is 2.31 bits per heavy atom. The van der Waals surface area contributed by atoms with Crippen LogP contribution in [0, 0.1) is 17.1 Å². The van der Waals surface area contributed by atoms with Crippen LogP contribution in [0.15, 0.2) is 24.4 Å². The Morgan fingerprint density at radius 1 is 1.56 bits per heavy atom. The minimum atomic E-state index is -1.19. The van der Waals surface area contributed by atoms with Crippen molar-refractivity contribution in [2.24, 2.45) is 0 Å². The van der Waals surface area contributed by atoms with E-state index in [1.165, 1.54) is 18.3 Å². The van der Waals surface area contributed by atoms with Gasteiger partial charge in [-0.25, -0.2) is 9.18 Å². The average Bonchev–Trinajstić information content (AvgIpc) is 2.57. The normalized spacial score (nSPS) is 10.2. The number of benzene rings is 1. The fourth-order valence-corrected chi connectivity index (χ4v) is 1.65. The molecular formula is C11H7FN2O2. The third-order valence-electron chi connectivity index (χ3n) is 2.33. The van der Waals surface area contributed by atoms with E-state index < -0.39 is 11.9 Å². The lowest BCUT2D eigenvalue weighted by Gasteiger charge is -1.96. The molecule has 5 heteroatoms. The lowest BCUT2D eigenvalue weighted by molar-refractivity contribution is 0.197. The third kappa shape index (κ3) is 1.50. The Hall–Kier alpha value is -2.35. The molecule has 80 valence electrons. The van der Waals surface area contributed by atoms with Crippen LogP contribution in [0.5, 0.6) is 0 Å². The molecule has 0 saturated carbocycles. The van der Waals surface area contributed by atoms with Crippen LogP contribution in [0.2, 0.25) is 0 Å². The highest BCUT2D eigenvalue weighted by molar-refractivity contribution is 5.91. The molecule has 1 N–H and O–H groups in total. The Bertz CT molecular complexity index is 610. The zero-order valence-corrected chi connectivity index (χ0v) is 8.14. The van der Waals surface area contributed by atoms with E-state index in [1.54, 1.807) is 0 Å². The number of carbonyl (C=O) groups is 1. The van der Waals surface area contributed by atoms with E-state index in [1.807, 2.05) is 6.07 Å². The molecule has 0 aliphatic carbocycles. The molecule has 4 nitrogen and oxygen atoms in total. The van der Waals surface area contributed by atoms with E-state index >= 15 is 0 Å². The Morgan fingerprint density at radius 3 is 2.94 bits per heavy atom. The molecule has 0 saturated heterocycles. The fourth-order valence-electron chi connectivity index (χ4n) is 1.65. The molecule has 0 amide bonds. The summed E-state index contributed by atoms with van der Waals surface area (Å²) in [6, 6.07) is 5.81. The van der Waals surface area contributed by atoms with E-state index in [-0.39, 0.29) is 11.9 Å². The van der Waals surface area contributed by atoms with Crippen molar-refractivity contribution in [3.63, 3.8) is 0 Å². The summed E-state index contributed by atoms with van der Waals surface area (Å²) in [5.41, 5.74) is 0.845. The molecule has 0 aliphatic rings. The quantitative estimate of drug-likeness (QED) is 0.799. The van der Waals surface area contributed by atoms with Gasteiger partial charge in [-0.15, -0.1) is 0 Å². The molecule has 0 unspecified atom stereocenters. The van der Waals surface area contributed by atoms with Gasteiger partial charge >= 0.3 is 6.09 Å². The molecule has 2 aromatic rings. The molecule has 2 rings (SSSR count). The van der Waals surface area contributed by atoms with Crippen LogP contribution in [0.3, 0.4) is 0 Å². The SMILES string of the molecule is N#CCc1cn(C(=O)O)c2cc(F)ccc12. The van der Waals surface area contributed by atoms with Crippen molar-refractivity contribution < 1.29 is 14.3 Å². The van der Waals surface area contributed by atoms with Crippen LogP contribution in [-0.4, -0.2) is 15.8 Å². The molecule has 0 spiro atoms. The second kappa shape index (κ2) is 3.66. The minimum absolute atomic E-state index is 0.0996. The van der Waals surface area contributed by atoms with Crippen molar-refractivity contribution >= 4 is 17.0 Å². The number of halogens is 1. The molecule has 0 bridgehead atoms. The largest absolute Gasteiger partial charge is 0.464 e. The number of nitriles is 1. The lowest BCUT2D eigenvalue weighted by Crippen LogP contribution is -2.05. The van der Waals surface area contributed by atoms with Crippen molar-refractivity contribution in [1.29, 1.82) is 5.26 Å². The highest BCUT2D eigenvalue weighted by Crippen LogP contribution is 2.22. The van der Waals surface area contributed by atoms with Gasteiger partial charge in [-0.2, -0.15) is 5.26 Å². The van der Waals surface area contributed by atoms with E-state index in [0.29, 0.717) is 10.9 Å². The highest BCUT2D eigenvalue weighted by atomic mass is 19.1. The molecule has 0 radical (unpaired) electrons. The molecule has 1 heterocycles. The van der Waals surface area contributed by atoms with E-state index in [2.05, 4.69) is 0 Å². The summed E-state index contributed by atoms with van der Waals surface area (Å²) >= 11 is 0. The second-order valence-electron chi connectivity index (χ2n) is 3.30. The van der Waals surface area contributed by atoms with Crippen molar-refractivity contribution in [2.45, 2.75) is 6.42 Å². The van der Waals surface area contributed by atoms with Gasteiger partial charge in [0.1, 0.15) is 5.82 Å². The van der Waals surface area contributed by atoms with Gasteiger partial charge in [0, 0.05) is 11.6 Å². The first-order valence-electron chi connectivity index (χ1n) is 4.53. The smallest absolute Gasteiger partial charge is 0.416 e. The summed E-state index contributed by atoms with van der Waals surface area (Å²) in [5, 5.41) is 18.1. The number of carboxylic acid groups (broad SMARTS) is 1. The first-order chi connectivity index (χ1) is 7.63. The van der Waals surface area contributed by atoms with Gasteiger partial charge in [0.05, 0.1) is 18.0 Å². The van der Waals surface area contributed by atoms with Gasteiger partial charge in [0.25, 0.3) is 0 Å². The first kappa shape index (κ1) is 10.2. The summed E-state index contributed by atoms with van der Waals surface area (Å²) < 4.78 is 13.9. The maximum absolute atomic E-state index is 13.0. The third-order valence-corrected chi connectivity index (χ3v) is 2.33. The van der Waals surface area contributed by atoms with E-state index in [9.17, 15) is 9.18 Å². The van der Waals surface area contributed by atoms with Crippen LogP contribution < -0.4 is 0 Å². The van der Waals surface area contributed by atoms with Crippen molar-refractivity contribution in [2.75, 3.05) is 0 Å². The van der Waals surface area contributed by atoms with Gasteiger partial charge in [-0.1, -0.05) is 0 Å². The van der Waals surface area contributed by atoms with E-state index in [0.717, 1.165) is 10.6 Å². The molecular weight excluding hydrogens is 211 g/mol. The van der Waals surface area contributed by atoms with E-state index in [4.69, 9.17) is 10.4 Å². The van der Waals surface area contributed by atoms with Crippen LogP contribution >= 0.6 is 0 Å². The number of hydrogen-bond acceptors (Lipinski definition) is 2. The Balaban J connectivity index is 2.77. The summed E-state index contributed by atoms with van der Waals surface area (Å²) in [4.78, 5) is 10.9. The van der Waals surface area contributed by atoms with Gasteiger partial charge in [0.2, 0.25) is 0 Å². The lowest BCUT2D eigenvalue weighted by atomic mass is 10.1. The zero-order valence-electron chi connectivity index (χ0n) is 8.14. The number of fused-ring (bicyclic) bond motifs is 1. The van der Waals surface area contributed by atoms with Gasteiger partial charge < -0.3 is 5.11 Å². The molecule has 1 aromatic carbocycles. The monoisotopic (exact) mass is 218 g/mol. The van der Waals surface area contributed by atoms with Crippen molar-refractivity contribution in [3.8, 4) is 6.07 Å². The van der Waals surface area contributed by atoms with Crippen LogP contribution in [0.1, 0.15) is 5.56 Å². The minimum Gasteiger partial charge on any atom is -0.464 e. The number of hydrogen-bond donors (Lipinski definition) is 1. The van der Waals surface area contributed by atoms with Gasteiger partial charge in [-0.3, -0.25) is 4.57 Å². The van der Waals surface area contributed by atoms with Crippen LogP contribution in [0.4, 0.5) is 9.18 Å². The van der Waals surface area contributed by atoms with Crippen molar-refractivity contribution in [1.82, 2.24) is 4.57 Å². The predicted octanol–water partition coefficient (Wildman–Crippen LogP) is 2.37. The maximum Gasteiger partial charge on any atom is 0.416 e. The standard InChI is InChI=1S/C11H7FN2O2/c12-8-1-2-9-7(3-4-13)6-14(11(15)16)10(9)5-8/h1-2,5-6H,3H2,(H,15,16). The zero-order chi connectivity index (χ0) is 11.7. The maximum atomic E-state index is 13.0. The van der Waals surface area contributed by atoms with Gasteiger partial charge in [-0.05, 0) is 23.8 Å². The molecule has 0 fully saturated rings. The number of nitrogens with zero attached hydrogens (tertiary/aromatic N) is 2. The Labute approximate surface area is 90.1 Å². The fraction of sp³-hybridized carbons (Fsp3) is 0.0909. The first-order valence-corrected chi connectivity index (χ1v) is 4.53. The Kier molecular flexibility index (Phi) is 2.33. The summed E-state index contributed by atoms with van der Waals surface area (Å²) in [6.07, 6.45) is 0.248. The van der Waals surface area contributed by atoms with Crippen LogP contribution in [-0.2, 0) is 6.42 Å². The summed E-state index contributed by atoms with van der Waals surface area (Å²) in [5.74, 6) is -0.503. The average molecular weight is 218 g/mol. The predicted molar refractivity (Wildman–Crippen MR) is 54.6 cm³/mol. The topological polar surface area (TPSA) is 66.0 Å². The van der Waals surface area contributed by atoms with Gasteiger partial charge in [0.15, 0.2) is 0 Å². The molecule has 1 aromatic heterocycles. The van der Waals surface area contributed by atoms with Crippen molar-refractivity contribution in [3.05, 3.63) is 35.8 Å². The summed E-state index contributed by atoms with van der Waals surface area (Å²) in [6.45, 7) is 0. The molecule has 16 heavy (non-hydrogen) atoms. The number of rotatable bonds is 1. The molecule has 0 aliphatic heterocycles. The highest BCUT2D eigenvalue weighted by Gasteiger charge is 2.12. The second-order valence-corrected chi connectivity index (χ2v) is 3.30. The number of aromatic nitrogens is 1. The summed E-state index contributed by atoms with van der Waals surface area (Å²) in [7, 11) is 0. The van der Waals surface area contributed by atoms with Crippen LogP contribution in [0.25, 0.3) is 10.9 Å². The molecule has 0 atom stereocenters.